The maximum absolute atomic E-state index is 4.82. The minimum absolute atomic E-state index is 0.399. The van der Waals surface area contributed by atoms with Gasteiger partial charge >= 0.3 is 0 Å². The lowest BCUT2D eigenvalue weighted by Gasteiger charge is -2.34. The van der Waals surface area contributed by atoms with E-state index in [0.29, 0.717) is 11.9 Å². The smallest absolute Gasteiger partial charge is 0.164 e. The molecule has 0 bridgehead atoms. The van der Waals surface area contributed by atoms with E-state index >= 15 is 0 Å². The molecule has 5 rings (SSSR count). The Balaban J connectivity index is 1.45. The number of nitrogens with zero attached hydrogens (tertiary/aromatic N) is 6. The Morgan fingerprint density at radius 2 is 1.83 bits per heavy atom. The van der Waals surface area contributed by atoms with Crippen molar-refractivity contribution in [2.75, 3.05) is 18.9 Å². The molecule has 7 heteroatoms. The van der Waals surface area contributed by atoms with E-state index in [1.807, 2.05) is 25.4 Å². The second kappa shape index (κ2) is 7.25. The van der Waals surface area contributed by atoms with Crippen molar-refractivity contribution in [2.45, 2.75) is 19.0 Å². The first-order chi connectivity index (χ1) is 14.2. The molecule has 3 aromatic heterocycles. The van der Waals surface area contributed by atoms with Gasteiger partial charge in [-0.25, -0.2) is 9.97 Å². The summed E-state index contributed by atoms with van der Waals surface area (Å²) in [5, 5.41) is 8.90. The molecule has 0 unspecified atom stereocenters. The number of benzene rings is 1. The molecule has 1 aliphatic rings. The van der Waals surface area contributed by atoms with E-state index in [0.717, 1.165) is 41.9 Å². The Labute approximate surface area is 169 Å². The summed E-state index contributed by atoms with van der Waals surface area (Å²) in [6.45, 7) is 1.78. The van der Waals surface area contributed by atoms with Crippen molar-refractivity contribution in [3.8, 4) is 11.4 Å². The Hall–Kier alpha value is -3.32. The predicted molar refractivity (Wildman–Crippen MR) is 113 cm³/mol. The van der Waals surface area contributed by atoms with Gasteiger partial charge in [0.25, 0.3) is 0 Å². The molecule has 0 radical (unpaired) electrons. The molecule has 0 fully saturated rings. The highest BCUT2D eigenvalue weighted by molar-refractivity contribution is 5.88. The number of fused-ring (bicyclic) bond motifs is 2. The van der Waals surface area contributed by atoms with E-state index in [2.05, 4.69) is 51.6 Å². The molecule has 4 aromatic rings. The molecule has 4 heterocycles. The van der Waals surface area contributed by atoms with Crippen molar-refractivity contribution in [1.82, 2.24) is 29.6 Å². The summed E-state index contributed by atoms with van der Waals surface area (Å²) in [7, 11) is 4.09. The number of likely N-dealkylation sites (N-methyl/N-ethyl adjacent to an activating group) is 1. The minimum Gasteiger partial charge on any atom is -0.368 e. The molecule has 0 saturated heterocycles. The fourth-order valence-corrected chi connectivity index (χ4v) is 3.95. The summed E-state index contributed by atoms with van der Waals surface area (Å²) in [5.41, 5.74) is 4.61. The number of aromatic nitrogens is 5. The van der Waals surface area contributed by atoms with Crippen molar-refractivity contribution >= 4 is 16.9 Å². The Bertz CT molecular complexity index is 1150. The largest absolute Gasteiger partial charge is 0.368 e. The second-order valence-electron chi connectivity index (χ2n) is 7.56. The van der Waals surface area contributed by atoms with Gasteiger partial charge in [0.1, 0.15) is 5.82 Å². The summed E-state index contributed by atoms with van der Waals surface area (Å²) >= 11 is 0. The lowest BCUT2D eigenvalue weighted by atomic mass is 9.94. The van der Waals surface area contributed by atoms with E-state index in [1.54, 1.807) is 17.1 Å². The van der Waals surface area contributed by atoms with Gasteiger partial charge in [0.05, 0.1) is 11.6 Å². The van der Waals surface area contributed by atoms with Crippen molar-refractivity contribution in [2.24, 2.45) is 7.05 Å². The zero-order valence-electron chi connectivity index (χ0n) is 16.6. The van der Waals surface area contributed by atoms with Gasteiger partial charge in [-0.3, -0.25) is 14.6 Å². The van der Waals surface area contributed by atoms with Gasteiger partial charge < -0.3 is 5.32 Å². The number of hydrogen-bond donors (Lipinski definition) is 1. The minimum atomic E-state index is 0.399. The molecule has 1 N–H and O–H groups in total. The molecular formula is C22H23N7. The zero-order chi connectivity index (χ0) is 19.8. The van der Waals surface area contributed by atoms with Gasteiger partial charge in [0.15, 0.2) is 11.5 Å². The highest BCUT2D eigenvalue weighted by atomic mass is 15.3. The van der Waals surface area contributed by atoms with Crippen molar-refractivity contribution in [1.29, 1.82) is 0 Å². The average molecular weight is 385 g/mol. The Morgan fingerprint density at radius 1 is 1.03 bits per heavy atom. The van der Waals surface area contributed by atoms with Gasteiger partial charge in [-0.05, 0) is 36.7 Å². The summed E-state index contributed by atoms with van der Waals surface area (Å²) in [5.74, 6) is 1.50. The van der Waals surface area contributed by atoms with E-state index in [9.17, 15) is 0 Å². The zero-order valence-corrected chi connectivity index (χ0v) is 16.6. The van der Waals surface area contributed by atoms with Gasteiger partial charge in [-0.1, -0.05) is 24.3 Å². The highest BCUT2D eigenvalue weighted by Crippen LogP contribution is 2.26. The topological polar surface area (TPSA) is 71.8 Å². The van der Waals surface area contributed by atoms with Gasteiger partial charge in [0.2, 0.25) is 0 Å². The van der Waals surface area contributed by atoms with Crippen LogP contribution in [0.2, 0.25) is 0 Å². The van der Waals surface area contributed by atoms with Crippen LogP contribution >= 0.6 is 0 Å². The SMILES string of the molecule is CN1Cc2ccccc2C[C@H]1CNc1nc(-c2ccncc2)nc2c1cnn2C. The van der Waals surface area contributed by atoms with Crippen LogP contribution in [0.3, 0.4) is 0 Å². The molecule has 0 aliphatic carbocycles. The number of rotatable bonds is 4. The van der Waals surface area contributed by atoms with Crippen LogP contribution in [-0.2, 0) is 20.0 Å². The first-order valence-corrected chi connectivity index (χ1v) is 9.80. The van der Waals surface area contributed by atoms with E-state index < -0.39 is 0 Å². The predicted octanol–water partition coefficient (Wildman–Crippen LogP) is 2.89. The first-order valence-electron chi connectivity index (χ1n) is 9.80. The lowest BCUT2D eigenvalue weighted by molar-refractivity contribution is 0.225. The Morgan fingerprint density at radius 3 is 2.66 bits per heavy atom. The number of aryl methyl sites for hydroxylation is 1. The standard InChI is InChI=1S/C22H23N7/c1-28-14-17-6-4-3-5-16(17)11-18(28)12-24-21-19-13-25-29(2)22(19)27-20(26-21)15-7-9-23-10-8-15/h3-10,13,18H,11-12,14H2,1-2H3,(H,24,26,27)/t18-/m0/s1. The van der Waals surface area contributed by atoms with Crippen LogP contribution in [0.5, 0.6) is 0 Å². The Kier molecular flexibility index (Phi) is 4.44. The molecule has 0 saturated carbocycles. The van der Waals surface area contributed by atoms with Crippen LogP contribution in [0.4, 0.5) is 5.82 Å². The van der Waals surface area contributed by atoms with Crippen LogP contribution in [0.15, 0.2) is 55.0 Å². The maximum atomic E-state index is 4.82. The molecule has 0 amide bonds. The fraction of sp³-hybridized carbons (Fsp3) is 0.273. The van der Waals surface area contributed by atoms with Crippen LogP contribution in [-0.4, -0.2) is 49.3 Å². The van der Waals surface area contributed by atoms with Gasteiger partial charge in [0, 0.05) is 44.1 Å². The van der Waals surface area contributed by atoms with E-state index in [4.69, 9.17) is 9.97 Å². The molecule has 1 aromatic carbocycles. The van der Waals surface area contributed by atoms with Crippen LogP contribution < -0.4 is 5.32 Å². The van der Waals surface area contributed by atoms with Crippen LogP contribution in [0, 0.1) is 0 Å². The van der Waals surface area contributed by atoms with Crippen molar-refractivity contribution in [3.63, 3.8) is 0 Å². The van der Waals surface area contributed by atoms with E-state index in [1.165, 1.54) is 11.1 Å². The highest BCUT2D eigenvalue weighted by Gasteiger charge is 2.23. The van der Waals surface area contributed by atoms with Gasteiger partial charge in [-0.15, -0.1) is 0 Å². The third-order valence-corrected chi connectivity index (χ3v) is 5.65. The number of nitrogens with one attached hydrogen (secondary N) is 1. The maximum Gasteiger partial charge on any atom is 0.164 e. The summed E-state index contributed by atoms with van der Waals surface area (Å²) in [6, 6.07) is 12.9. The van der Waals surface area contributed by atoms with Crippen molar-refractivity contribution in [3.05, 3.63) is 66.1 Å². The third-order valence-electron chi connectivity index (χ3n) is 5.65. The van der Waals surface area contributed by atoms with Gasteiger partial charge in [-0.2, -0.15) is 5.10 Å². The monoisotopic (exact) mass is 385 g/mol. The summed E-state index contributed by atoms with van der Waals surface area (Å²) < 4.78 is 1.79. The lowest BCUT2D eigenvalue weighted by Crippen LogP contribution is -2.42. The average Bonchev–Trinajstić information content (AvgIpc) is 3.13. The molecule has 7 nitrogen and oxygen atoms in total. The molecule has 1 aliphatic heterocycles. The molecule has 0 spiro atoms. The molecule has 29 heavy (non-hydrogen) atoms. The second-order valence-corrected chi connectivity index (χ2v) is 7.56. The quantitative estimate of drug-likeness (QED) is 0.582. The number of hydrogen-bond acceptors (Lipinski definition) is 6. The molecule has 1 atom stereocenters. The van der Waals surface area contributed by atoms with Crippen LogP contribution in [0.25, 0.3) is 22.4 Å². The number of pyridine rings is 1. The molecular weight excluding hydrogens is 362 g/mol. The molecule has 146 valence electrons. The first kappa shape index (κ1) is 17.8. The van der Waals surface area contributed by atoms with E-state index in [-0.39, 0.29) is 0 Å². The summed E-state index contributed by atoms with van der Waals surface area (Å²) in [4.78, 5) is 16.0. The summed E-state index contributed by atoms with van der Waals surface area (Å²) in [6.07, 6.45) is 6.37. The fourth-order valence-electron chi connectivity index (χ4n) is 3.95. The normalized spacial score (nSPS) is 16.7. The third kappa shape index (κ3) is 3.34. The van der Waals surface area contributed by atoms with Crippen molar-refractivity contribution < 1.29 is 0 Å². The van der Waals surface area contributed by atoms with Crippen LogP contribution in [0.1, 0.15) is 11.1 Å². The number of anilines is 1.